The molecule has 0 radical (unpaired) electrons. The van der Waals surface area contributed by atoms with Gasteiger partial charge in [0.05, 0.1) is 19.3 Å². The molecule has 2 aromatic rings. The number of aromatic nitrogens is 2. The van der Waals surface area contributed by atoms with Crippen LogP contribution in [0.25, 0.3) is 0 Å². The minimum atomic E-state index is -1.87. The Kier molecular flexibility index (Phi) is 24.5. The van der Waals surface area contributed by atoms with Crippen LogP contribution in [-0.2, 0) is 60.8 Å². The second kappa shape index (κ2) is 29.4. The van der Waals surface area contributed by atoms with Crippen molar-refractivity contribution in [3.63, 3.8) is 0 Å². The molecule has 0 aliphatic rings. The van der Waals surface area contributed by atoms with Crippen LogP contribution < -0.4 is 60.2 Å². The highest BCUT2D eigenvalue weighted by Crippen LogP contribution is 2.13. The summed E-state index contributed by atoms with van der Waals surface area (Å²) in [5, 5.41) is 36.4. The third kappa shape index (κ3) is 20.5. The number of carboxylic acids is 2. The average molecular weight is 975 g/mol. The van der Waals surface area contributed by atoms with E-state index in [2.05, 4.69) is 64.8 Å². The number of H-pyrrole nitrogens is 1. The monoisotopic (exact) mass is 974 g/mol. The van der Waals surface area contributed by atoms with E-state index in [9.17, 15) is 58.2 Å². The molecule has 0 aliphatic heterocycles. The van der Waals surface area contributed by atoms with E-state index in [1.165, 1.54) is 12.5 Å². The molecular weight excluding hydrogens is 913 g/mol. The van der Waals surface area contributed by atoms with E-state index in [0.29, 0.717) is 17.7 Å². The number of amides is 8. The molecule has 8 amide bonds. The lowest BCUT2D eigenvalue weighted by Crippen LogP contribution is -2.61. The molecule has 374 valence electrons. The Morgan fingerprint density at radius 3 is 1.79 bits per heavy atom. The van der Waals surface area contributed by atoms with E-state index < -0.39 is 120 Å². The molecule has 0 aliphatic carbocycles. The van der Waals surface area contributed by atoms with E-state index in [-0.39, 0.29) is 56.8 Å². The number of aliphatic carboxylic acids is 2. The van der Waals surface area contributed by atoms with Gasteiger partial charge in [0.2, 0.25) is 47.3 Å². The van der Waals surface area contributed by atoms with Crippen molar-refractivity contribution in [1.29, 1.82) is 0 Å². The first-order chi connectivity index (χ1) is 32.2. The van der Waals surface area contributed by atoms with Gasteiger partial charge in [0.15, 0.2) is 5.96 Å². The first-order valence-corrected chi connectivity index (χ1v) is 22.0. The zero-order chi connectivity index (χ0) is 50.9. The highest BCUT2D eigenvalue weighted by molar-refractivity contribution is 7.80. The third-order valence-electron chi connectivity index (χ3n) is 10.2. The van der Waals surface area contributed by atoms with Crippen LogP contribution in [0.5, 0.6) is 0 Å². The number of benzene rings is 1. The summed E-state index contributed by atoms with van der Waals surface area (Å²) in [4.78, 5) is 141. The van der Waals surface area contributed by atoms with Crippen LogP contribution in [0.3, 0.4) is 0 Å². The average Bonchev–Trinajstić information content (AvgIpc) is 3.81. The molecule has 0 fully saturated rings. The van der Waals surface area contributed by atoms with Gasteiger partial charge in [-0.2, -0.15) is 12.6 Å². The van der Waals surface area contributed by atoms with E-state index in [4.69, 9.17) is 22.9 Å². The van der Waals surface area contributed by atoms with Crippen LogP contribution >= 0.6 is 12.6 Å². The van der Waals surface area contributed by atoms with E-state index in [0.717, 1.165) is 0 Å². The summed E-state index contributed by atoms with van der Waals surface area (Å²) >= 11 is 3.94. The minimum absolute atomic E-state index is 0.000793. The molecule has 1 heterocycles. The number of aliphatic imine (C=N–C) groups is 1. The van der Waals surface area contributed by atoms with Crippen LogP contribution in [0.2, 0.25) is 0 Å². The number of thiol groups is 1. The van der Waals surface area contributed by atoms with Gasteiger partial charge in [0.25, 0.3) is 0 Å². The van der Waals surface area contributed by atoms with Gasteiger partial charge in [-0.3, -0.25) is 48.1 Å². The molecule has 0 saturated heterocycles. The molecule has 8 atom stereocenters. The van der Waals surface area contributed by atoms with Gasteiger partial charge in [-0.05, 0) is 30.7 Å². The quantitative estimate of drug-likeness (QED) is 0.0146. The number of rotatable bonds is 31. The summed E-state index contributed by atoms with van der Waals surface area (Å²) in [6.07, 6.45) is 0.889. The Balaban J connectivity index is 2.51. The predicted molar refractivity (Wildman–Crippen MR) is 247 cm³/mol. The number of carbonyl (C=O) groups is 10. The fourth-order valence-corrected chi connectivity index (χ4v) is 6.59. The van der Waals surface area contributed by atoms with E-state index in [1.54, 1.807) is 44.2 Å². The van der Waals surface area contributed by atoms with Crippen LogP contribution in [0, 0.1) is 5.92 Å². The molecule has 0 unspecified atom stereocenters. The lowest BCUT2D eigenvalue weighted by Gasteiger charge is -2.29. The van der Waals surface area contributed by atoms with Crippen molar-refractivity contribution in [3.05, 3.63) is 54.1 Å². The van der Waals surface area contributed by atoms with Crippen LogP contribution in [0.15, 0.2) is 47.8 Å². The van der Waals surface area contributed by atoms with E-state index >= 15 is 0 Å². The lowest BCUT2D eigenvalue weighted by atomic mass is 9.96. The van der Waals surface area contributed by atoms with Gasteiger partial charge < -0.3 is 75.3 Å². The molecular formula is C41H62N14O12S. The van der Waals surface area contributed by atoms with Crippen LogP contribution in [0.1, 0.15) is 63.6 Å². The van der Waals surface area contributed by atoms with E-state index in [1.807, 2.05) is 0 Å². The molecule has 2 rings (SSSR count). The van der Waals surface area contributed by atoms with Gasteiger partial charge in [-0.1, -0.05) is 50.6 Å². The summed E-state index contributed by atoms with van der Waals surface area (Å²) in [7, 11) is 0. The molecule has 18 N–H and O–H groups in total. The normalized spacial score (nSPS) is 14.4. The Morgan fingerprint density at radius 2 is 1.26 bits per heavy atom. The SMILES string of the molecule is CC[C@H](C)[C@H](NC(=O)[C@H](CCC(N)=O)NC(=O)CN)C(=O)N[C@@H](CCCN=C(N)N)C(=O)N[C@@H](Cc1ccccc1)C(=O)N[C@@H](CC(=O)O)C(=O)N[C@@H](Cc1cnc[nH]1)C(=O)N[C@@H](CS)C(=O)O. The number of aromatic amines is 1. The maximum absolute atomic E-state index is 14.3. The van der Waals surface area contributed by atoms with Crippen molar-refractivity contribution in [2.75, 3.05) is 18.8 Å². The molecule has 27 heteroatoms. The summed E-state index contributed by atoms with van der Waals surface area (Å²) in [5.41, 5.74) is 22.5. The number of guanidine groups is 1. The van der Waals surface area contributed by atoms with Crippen molar-refractivity contribution in [2.45, 2.75) is 108 Å². The first kappa shape index (κ1) is 56.8. The number of hydrogen-bond acceptors (Lipinski definition) is 14. The number of imidazole rings is 1. The molecule has 26 nitrogen and oxygen atoms in total. The zero-order valence-electron chi connectivity index (χ0n) is 37.6. The number of primary amides is 1. The Hall–Kier alpha value is -7.29. The molecule has 1 aromatic heterocycles. The Morgan fingerprint density at radius 1 is 0.721 bits per heavy atom. The van der Waals surface area contributed by atoms with Gasteiger partial charge in [0, 0.05) is 43.5 Å². The topological polar surface area (TPSA) is 440 Å². The maximum atomic E-state index is 14.3. The van der Waals surface area contributed by atoms with Crippen molar-refractivity contribution >= 4 is 77.8 Å². The zero-order valence-corrected chi connectivity index (χ0v) is 38.5. The van der Waals surface area contributed by atoms with Crippen molar-refractivity contribution in [3.8, 4) is 0 Å². The summed E-state index contributed by atoms with van der Waals surface area (Å²) in [6, 6.07) is -2.25. The first-order valence-electron chi connectivity index (χ1n) is 21.4. The van der Waals surface area contributed by atoms with Gasteiger partial charge in [-0.25, -0.2) is 9.78 Å². The highest BCUT2D eigenvalue weighted by Gasteiger charge is 2.36. The summed E-state index contributed by atoms with van der Waals surface area (Å²) in [6.45, 7) is 2.89. The standard InChI is InChI=1S/C41H62N14O12S/c1-3-21(2)33(55-35(61)25(11-12-30(43)56)49-31(57)17-42)39(65)50-24(10-7-13-47-41(44)45)34(60)51-26(14-22-8-5-4-6-9-22)36(62)53-28(16-32(58)59)38(64)52-27(15-23-18-46-20-48-23)37(63)54-29(19-68)40(66)67/h4-6,8-9,18,20-21,24-29,33,68H,3,7,10-17,19,42H2,1-2H3,(H2,43,56)(H,46,48)(H,49,57)(H,50,65)(H,51,60)(H,52,64)(H,53,62)(H,54,63)(H,55,61)(H,58,59)(H,66,67)(H4,44,45,47)/t21-,24-,25-,26-,27-,28-,29-,33-/m0/s1. The highest BCUT2D eigenvalue weighted by atomic mass is 32.1. The maximum Gasteiger partial charge on any atom is 0.327 e. The van der Waals surface area contributed by atoms with Gasteiger partial charge >= 0.3 is 11.9 Å². The predicted octanol–water partition coefficient (Wildman–Crippen LogP) is -4.60. The molecule has 68 heavy (non-hydrogen) atoms. The fraction of sp³-hybridized carbons (Fsp3) is 0.512. The lowest BCUT2D eigenvalue weighted by molar-refractivity contribution is -0.143. The Labute approximate surface area is 396 Å². The largest absolute Gasteiger partial charge is 0.481 e. The van der Waals surface area contributed by atoms with Gasteiger partial charge in [-0.15, -0.1) is 0 Å². The molecule has 0 spiro atoms. The van der Waals surface area contributed by atoms with Crippen molar-refractivity contribution in [2.24, 2.45) is 33.8 Å². The number of nitrogens with two attached hydrogens (primary N) is 4. The third-order valence-corrected chi connectivity index (χ3v) is 10.6. The summed E-state index contributed by atoms with van der Waals surface area (Å²) < 4.78 is 0. The number of nitrogens with zero attached hydrogens (tertiary/aromatic N) is 2. The number of carboxylic acid groups (broad SMARTS) is 2. The molecule has 0 saturated carbocycles. The van der Waals surface area contributed by atoms with Crippen LogP contribution in [0.4, 0.5) is 0 Å². The van der Waals surface area contributed by atoms with Crippen LogP contribution in [-0.4, -0.2) is 146 Å². The summed E-state index contributed by atoms with van der Waals surface area (Å²) in [5.74, 6) is -11.4. The second-order valence-corrected chi connectivity index (χ2v) is 15.9. The van der Waals surface area contributed by atoms with Crippen molar-refractivity contribution in [1.82, 2.24) is 47.2 Å². The van der Waals surface area contributed by atoms with Crippen molar-refractivity contribution < 1.29 is 58.2 Å². The number of hydrogen-bond donors (Lipinski definition) is 15. The smallest absolute Gasteiger partial charge is 0.327 e. The minimum Gasteiger partial charge on any atom is -0.481 e. The number of carbonyl (C=O) groups excluding carboxylic acids is 8. The van der Waals surface area contributed by atoms with Gasteiger partial charge in [0.1, 0.15) is 42.3 Å². The number of nitrogens with one attached hydrogen (secondary N) is 8. The second-order valence-electron chi connectivity index (χ2n) is 15.5. The molecule has 1 aromatic carbocycles. The molecule has 0 bridgehead atoms. The Bertz CT molecular complexity index is 2070. The fourth-order valence-electron chi connectivity index (χ4n) is 6.34.